The minimum absolute atomic E-state index is 0.163. The van der Waals surface area contributed by atoms with Crippen LogP contribution in [0.5, 0.6) is 11.5 Å². The summed E-state index contributed by atoms with van der Waals surface area (Å²) in [6.07, 6.45) is -18.6. The Hall–Kier alpha value is -4.86. The summed E-state index contributed by atoms with van der Waals surface area (Å²) in [7, 11) is -3.74. The molecule has 0 saturated carbocycles. The Balaban J connectivity index is 1.48. The zero-order valence-electron chi connectivity index (χ0n) is 27.7. The first-order valence-corrected chi connectivity index (χ1v) is 18.6. The number of alkyl halides is 12. The summed E-state index contributed by atoms with van der Waals surface area (Å²) in [5.41, 5.74) is -3.73. The molecule has 6 rings (SSSR count). The number of rotatable bonds is 8. The second-order valence-corrected chi connectivity index (χ2v) is 16.3. The van der Waals surface area contributed by atoms with Gasteiger partial charge in [-0.1, -0.05) is 84.9 Å². The standard InChI is InChI=1S/C40H24F12OP2/c41-37(42,43)25-9-17-29(18-10-25)54(30-19-11-26(12-20-30)38(44,45)46)35-7-3-1-5-33(35)53-34-6-2-4-8-36(34)55(31-21-13-27(14-22-31)39(47,48)49)32-23-15-28(16-24-32)40(50,51)52/h1-24H. The summed E-state index contributed by atoms with van der Waals surface area (Å²) in [4.78, 5) is 0. The highest BCUT2D eigenvalue weighted by Crippen LogP contribution is 2.43. The fourth-order valence-corrected chi connectivity index (χ4v) is 10.3. The van der Waals surface area contributed by atoms with Gasteiger partial charge in [0.1, 0.15) is 11.5 Å². The first-order valence-electron chi connectivity index (χ1n) is 16.0. The second-order valence-electron chi connectivity index (χ2n) is 11.9. The zero-order valence-corrected chi connectivity index (χ0v) is 29.5. The van der Waals surface area contributed by atoms with Crippen molar-refractivity contribution in [2.24, 2.45) is 0 Å². The highest BCUT2D eigenvalue weighted by atomic mass is 31.1. The number of hydrogen-bond acceptors (Lipinski definition) is 1. The van der Waals surface area contributed by atoms with Crippen molar-refractivity contribution in [3.63, 3.8) is 0 Å². The largest absolute Gasteiger partial charge is 0.456 e. The van der Waals surface area contributed by atoms with Crippen LogP contribution in [0.15, 0.2) is 146 Å². The predicted molar refractivity (Wildman–Crippen MR) is 190 cm³/mol. The number of ether oxygens (including phenoxy) is 1. The molecule has 0 radical (unpaired) electrons. The fraction of sp³-hybridized carbons (Fsp3) is 0.100. The summed E-state index contributed by atoms with van der Waals surface area (Å²) < 4.78 is 169. The van der Waals surface area contributed by atoms with E-state index in [0.29, 0.717) is 31.8 Å². The Morgan fingerprint density at radius 2 is 0.509 bits per heavy atom. The summed E-state index contributed by atoms with van der Waals surface area (Å²) >= 11 is 0. The molecule has 0 atom stereocenters. The molecule has 0 bridgehead atoms. The van der Waals surface area contributed by atoms with E-state index in [1.807, 2.05) is 0 Å². The minimum atomic E-state index is -4.65. The highest BCUT2D eigenvalue weighted by Gasteiger charge is 2.34. The normalized spacial score (nSPS) is 12.7. The van der Waals surface area contributed by atoms with Crippen molar-refractivity contribution in [1.29, 1.82) is 0 Å². The van der Waals surface area contributed by atoms with E-state index in [2.05, 4.69) is 0 Å². The Bertz CT molecular complexity index is 1950. The van der Waals surface area contributed by atoms with Gasteiger partial charge < -0.3 is 4.74 Å². The Kier molecular flexibility index (Phi) is 11.1. The van der Waals surface area contributed by atoms with Gasteiger partial charge in [-0.15, -0.1) is 0 Å². The van der Waals surface area contributed by atoms with Gasteiger partial charge in [0.25, 0.3) is 0 Å². The van der Waals surface area contributed by atoms with Gasteiger partial charge >= 0.3 is 24.7 Å². The van der Waals surface area contributed by atoms with Crippen LogP contribution in [-0.4, -0.2) is 0 Å². The van der Waals surface area contributed by atoms with Gasteiger partial charge in [-0.25, -0.2) is 0 Å². The molecule has 15 heteroatoms. The molecule has 0 aromatic heterocycles. The summed E-state index contributed by atoms with van der Waals surface area (Å²) in [6.45, 7) is 0. The van der Waals surface area contributed by atoms with Crippen molar-refractivity contribution >= 4 is 47.7 Å². The Morgan fingerprint density at radius 3 is 0.727 bits per heavy atom. The molecule has 0 aliphatic heterocycles. The third-order valence-corrected chi connectivity index (χ3v) is 13.2. The maximum absolute atomic E-state index is 13.5. The van der Waals surface area contributed by atoms with Gasteiger partial charge in [0.2, 0.25) is 0 Å². The smallest absolute Gasteiger partial charge is 0.416 e. The van der Waals surface area contributed by atoms with E-state index in [9.17, 15) is 52.7 Å². The Labute approximate surface area is 308 Å². The molecular formula is C40H24F12OP2. The van der Waals surface area contributed by atoms with Gasteiger partial charge in [-0.3, -0.25) is 0 Å². The van der Waals surface area contributed by atoms with E-state index < -0.39 is 62.8 Å². The number of hydrogen-bond donors (Lipinski definition) is 0. The number of benzene rings is 6. The molecule has 1 nitrogen and oxygen atoms in total. The molecule has 0 amide bonds. The van der Waals surface area contributed by atoms with Crippen LogP contribution < -0.4 is 36.6 Å². The third-order valence-electron chi connectivity index (χ3n) is 8.24. The van der Waals surface area contributed by atoms with Crippen molar-refractivity contribution in [2.75, 3.05) is 0 Å². The van der Waals surface area contributed by atoms with Crippen LogP contribution >= 0.6 is 15.8 Å². The van der Waals surface area contributed by atoms with Gasteiger partial charge in [-0.05, 0) is 97.7 Å². The molecule has 6 aromatic rings. The number of para-hydroxylation sites is 2. The Morgan fingerprint density at radius 1 is 0.291 bits per heavy atom. The molecule has 0 aliphatic carbocycles. The SMILES string of the molecule is FC(F)(F)c1ccc(P(c2ccc(C(F)(F)F)cc2)c2ccccc2Oc2ccccc2P(c2ccc(C(F)(F)F)cc2)c2ccc(C(F)(F)F)cc2)cc1. The molecule has 6 aromatic carbocycles. The molecular weight excluding hydrogens is 786 g/mol. The van der Waals surface area contributed by atoms with Crippen LogP contribution in [-0.2, 0) is 24.7 Å². The van der Waals surface area contributed by atoms with Gasteiger partial charge in [0, 0.05) is 10.6 Å². The van der Waals surface area contributed by atoms with Crippen molar-refractivity contribution in [2.45, 2.75) is 24.7 Å². The third kappa shape index (κ3) is 9.17. The van der Waals surface area contributed by atoms with Crippen molar-refractivity contribution < 1.29 is 57.4 Å². The molecule has 0 spiro atoms. The molecule has 0 aliphatic rings. The molecule has 0 N–H and O–H groups in total. The van der Waals surface area contributed by atoms with Crippen LogP contribution in [0.25, 0.3) is 0 Å². The molecule has 284 valence electrons. The maximum Gasteiger partial charge on any atom is 0.416 e. The monoisotopic (exact) mass is 810 g/mol. The van der Waals surface area contributed by atoms with E-state index >= 15 is 0 Å². The lowest BCUT2D eigenvalue weighted by atomic mass is 10.2. The first-order chi connectivity index (χ1) is 25.8. The van der Waals surface area contributed by atoms with Crippen molar-refractivity contribution in [3.8, 4) is 11.5 Å². The minimum Gasteiger partial charge on any atom is -0.456 e. The van der Waals surface area contributed by atoms with Crippen molar-refractivity contribution in [3.05, 3.63) is 168 Å². The lowest BCUT2D eigenvalue weighted by Crippen LogP contribution is -2.24. The van der Waals surface area contributed by atoms with Crippen LogP contribution in [0.1, 0.15) is 22.3 Å². The fourth-order valence-electron chi connectivity index (χ4n) is 5.63. The molecule has 55 heavy (non-hydrogen) atoms. The predicted octanol–water partition coefficient (Wildman–Crippen LogP) is 11.1. The van der Waals surface area contributed by atoms with Gasteiger partial charge in [0.05, 0.1) is 22.3 Å². The topological polar surface area (TPSA) is 9.23 Å². The summed E-state index contributed by atoms with van der Waals surface area (Å²) in [5.74, 6) is 0.325. The second kappa shape index (κ2) is 15.3. The number of halogens is 12. The van der Waals surface area contributed by atoms with Crippen LogP contribution in [0.3, 0.4) is 0 Å². The molecule has 0 fully saturated rings. The first kappa shape index (κ1) is 39.8. The van der Waals surface area contributed by atoms with E-state index in [4.69, 9.17) is 4.74 Å². The van der Waals surface area contributed by atoms with E-state index in [0.717, 1.165) is 48.5 Å². The van der Waals surface area contributed by atoms with E-state index in [-0.39, 0.29) is 11.5 Å². The quantitative estimate of drug-likeness (QED) is 0.110. The van der Waals surface area contributed by atoms with Gasteiger partial charge in [0.15, 0.2) is 0 Å². The van der Waals surface area contributed by atoms with Crippen LogP contribution in [0.2, 0.25) is 0 Å². The van der Waals surface area contributed by atoms with E-state index in [1.54, 1.807) is 48.5 Å². The average Bonchev–Trinajstić information content (AvgIpc) is 3.13. The summed E-state index contributed by atoms with van der Waals surface area (Å²) in [5, 5.41) is 2.21. The zero-order chi connectivity index (χ0) is 39.8. The average molecular weight is 811 g/mol. The van der Waals surface area contributed by atoms with Crippen LogP contribution in [0.4, 0.5) is 52.7 Å². The molecule has 0 heterocycles. The van der Waals surface area contributed by atoms with Crippen LogP contribution in [0, 0.1) is 0 Å². The maximum atomic E-state index is 13.5. The summed E-state index contributed by atoms with van der Waals surface area (Å²) in [6, 6.07) is 29.7. The lowest BCUT2D eigenvalue weighted by molar-refractivity contribution is -0.138. The highest BCUT2D eigenvalue weighted by molar-refractivity contribution is 7.80. The van der Waals surface area contributed by atoms with Crippen molar-refractivity contribution in [1.82, 2.24) is 0 Å². The lowest BCUT2D eigenvalue weighted by Gasteiger charge is -2.25. The van der Waals surface area contributed by atoms with E-state index in [1.165, 1.54) is 48.5 Å². The molecule has 0 saturated heterocycles. The molecule has 0 unspecified atom stereocenters. The van der Waals surface area contributed by atoms with Gasteiger partial charge in [-0.2, -0.15) is 52.7 Å².